The molecule has 0 aromatic heterocycles. The van der Waals surface area contributed by atoms with Crippen LogP contribution in [0, 0.1) is 11.3 Å². The van der Waals surface area contributed by atoms with Gasteiger partial charge in [-0.1, -0.05) is 6.07 Å². The average molecular weight is 245 g/mol. The highest BCUT2D eigenvalue weighted by Crippen LogP contribution is 2.26. The summed E-state index contributed by atoms with van der Waals surface area (Å²) in [5.74, 6) is 0. The van der Waals surface area contributed by atoms with Crippen LogP contribution in [0.2, 0.25) is 0 Å². The van der Waals surface area contributed by atoms with E-state index in [9.17, 15) is 5.26 Å². The highest BCUT2D eigenvalue weighted by atomic mass is 16.5. The summed E-state index contributed by atoms with van der Waals surface area (Å²) in [4.78, 5) is 2.24. The van der Waals surface area contributed by atoms with Crippen LogP contribution in [0.5, 0.6) is 0 Å². The number of hydrogen-bond donors (Lipinski definition) is 1. The van der Waals surface area contributed by atoms with Crippen molar-refractivity contribution in [3.63, 3.8) is 0 Å². The van der Waals surface area contributed by atoms with E-state index < -0.39 is 0 Å². The van der Waals surface area contributed by atoms with Gasteiger partial charge in [-0.2, -0.15) is 5.26 Å². The Bertz CT molecular complexity index is 467. The summed E-state index contributed by atoms with van der Waals surface area (Å²) >= 11 is 0. The molecule has 1 aromatic rings. The number of anilines is 1. The van der Waals surface area contributed by atoms with Crippen LogP contribution in [-0.4, -0.2) is 25.3 Å². The molecule has 0 radical (unpaired) electrons. The SMILES string of the molecule is CC1CN(c2ccc(CN)cc2C#N)C(C)CO1. The molecule has 1 aliphatic rings. The molecular formula is C14H19N3O. The van der Waals surface area contributed by atoms with Crippen LogP contribution in [0.1, 0.15) is 25.0 Å². The van der Waals surface area contributed by atoms with Gasteiger partial charge in [0.25, 0.3) is 0 Å². The zero-order valence-corrected chi connectivity index (χ0v) is 10.9. The fourth-order valence-electron chi connectivity index (χ4n) is 2.29. The molecule has 4 nitrogen and oxygen atoms in total. The molecule has 1 aromatic carbocycles. The topological polar surface area (TPSA) is 62.3 Å². The number of nitrogens with two attached hydrogens (primary N) is 1. The van der Waals surface area contributed by atoms with Crippen molar-refractivity contribution >= 4 is 5.69 Å². The van der Waals surface area contributed by atoms with Gasteiger partial charge in [0.15, 0.2) is 0 Å². The van der Waals surface area contributed by atoms with Crippen molar-refractivity contribution in [2.24, 2.45) is 5.73 Å². The summed E-state index contributed by atoms with van der Waals surface area (Å²) in [6.07, 6.45) is 0.196. The largest absolute Gasteiger partial charge is 0.375 e. The Morgan fingerprint density at radius 2 is 2.28 bits per heavy atom. The second-order valence-electron chi connectivity index (χ2n) is 4.81. The molecule has 96 valence electrons. The minimum atomic E-state index is 0.196. The minimum absolute atomic E-state index is 0.196. The van der Waals surface area contributed by atoms with E-state index in [1.54, 1.807) is 0 Å². The van der Waals surface area contributed by atoms with Crippen LogP contribution in [0.4, 0.5) is 5.69 Å². The molecule has 0 amide bonds. The van der Waals surface area contributed by atoms with Gasteiger partial charge in [0.05, 0.1) is 24.0 Å². The lowest BCUT2D eigenvalue weighted by atomic mass is 10.1. The van der Waals surface area contributed by atoms with E-state index in [0.29, 0.717) is 18.7 Å². The summed E-state index contributed by atoms with van der Waals surface area (Å²) in [5.41, 5.74) is 8.28. The summed E-state index contributed by atoms with van der Waals surface area (Å²) in [7, 11) is 0. The number of rotatable bonds is 2. The lowest BCUT2D eigenvalue weighted by Gasteiger charge is -2.39. The molecule has 18 heavy (non-hydrogen) atoms. The maximum atomic E-state index is 9.27. The van der Waals surface area contributed by atoms with Gasteiger partial charge in [0, 0.05) is 19.1 Å². The van der Waals surface area contributed by atoms with E-state index in [-0.39, 0.29) is 12.1 Å². The number of hydrogen-bond acceptors (Lipinski definition) is 4. The minimum Gasteiger partial charge on any atom is -0.375 e. The Kier molecular flexibility index (Phi) is 3.85. The number of ether oxygens (including phenoxy) is 1. The molecule has 0 bridgehead atoms. The third kappa shape index (κ3) is 2.47. The zero-order chi connectivity index (χ0) is 13.1. The Morgan fingerprint density at radius 1 is 1.50 bits per heavy atom. The van der Waals surface area contributed by atoms with Gasteiger partial charge in [0.2, 0.25) is 0 Å². The lowest BCUT2D eigenvalue weighted by Crippen LogP contribution is -2.47. The quantitative estimate of drug-likeness (QED) is 0.860. The van der Waals surface area contributed by atoms with Gasteiger partial charge in [-0.05, 0) is 31.5 Å². The van der Waals surface area contributed by atoms with Crippen LogP contribution in [-0.2, 0) is 11.3 Å². The van der Waals surface area contributed by atoms with Gasteiger partial charge in [-0.15, -0.1) is 0 Å². The predicted octanol–water partition coefficient (Wildman–Crippen LogP) is 1.63. The van der Waals surface area contributed by atoms with Crippen molar-refractivity contribution in [2.75, 3.05) is 18.1 Å². The van der Waals surface area contributed by atoms with E-state index >= 15 is 0 Å². The maximum Gasteiger partial charge on any atom is 0.101 e. The molecule has 2 atom stereocenters. The van der Waals surface area contributed by atoms with Crippen LogP contribution in [0.25, 0.3) is 0 Å². The first-order chi connectivity index (χ1) is 8.65. The smallest absolute Gasteiger partial charge is 0.101 e. The third-order valence-electron chi connectivity index (χ3n) is 3.33. The second-order valence-corrected chi connectivity index (χ2v) is 4.81. The Labute approximate surface area is 108 Å². The van der Waals surface area contributed by atoms with Gasteiger partial charge >= 0.3 is 0 Å². The molecule has 2 N–H and O–H groups in total. The normalized spacial score (nSPS) is 23.8. The Hall–Kier alpha value is -1.57. The summed E-state index contributed by atoms with van der Waals surface area (Å²) in [5, 5.41) is 9.27. The summed E-state index contributed by atoms with van der Waals surface area (Å²) < 4.78 is 5.62. The van der Waals surface area contributed by atoms with E-state index in [2.05, 4.69) is 24.8 Å². The van der Waals surface area contributed by atoms with Crippen LogP contribution >= 0.6 is 0 Å². The molecular weight excluding hydrogens is 226 g/mol. The van der Waals surface area contributed by atoms with Crippen molar-refractivity contribution < 1.29 is 4.74 Å². The van der Waals surface area contributed by atoms with Crippen molar-refractivity contribution in [3.8, 4) is 6.07 Å². The fourth-order valence-corrected chi connectivity index (χ4v) is 2.29. The standard InChI is InChI=1S/C14H19N3O/c1-10-9-18-11(2)8-17(10)14-4-3-12(6-15)5-13(14)7-16/h3-5,10-11H,6,8-9,15H2,1-2H3. The highest BCUT2D eigenvalue weighted by molar-refractivity contribution is 5.61. The third-order valence-corrected chi connectivity index (χ3v) is 3.33. The Balaban J connectivity index is 2.34. The van der Waals surface area contributed by atoms with Crippen molar-refractivity contribution in [1.29, 1.82) is 5.26 Å². The molecule has 1 fully saturated rings. The van der Waals surface area contributed by atoms with Crippen molar-refractivity contribution in [2.45, 2.75) is 32.5 Å². The molecule has 1 saturated heterocycles. The lowest BCUT2D eigenvalue weighted by molar-refractivity contribution is 0.0343. The van der Waals surface area contributed by atoms with Crippen molar-refractivity contribution in [1.82, 2.24) is 0 Å². The monoisotopic (exact) mass is 245 g/mol. The molecule has 1 aliphatic heterocycles. The summed E-state index contributed by atoms with van der Waals surface area (Å²) in [6, 6.07) is 8.42. The molecule has 2 rings (SSSR count). The number of nitriles is 1. The zero-order valence-electron chi connectivity index (χ0n) is 10.9. The first-order valence-corrected chi connectivity index (χ1v) is 6.27. The van der Waals surface area contributed by atoms with E-state index in [4.69, 9.17) is 10.5 Å². The van der Waals surface area contributed by atoms with E-state index in [1.807, 2.05) is 18.2 Å². The first kappa shape index (κ1) is 12.9. The van der Waals surface area contributed by atoms with Crippen LogP contribution < -0.4 is 10.6 Å². The average Bonchev–Trinajstić information content (AvgIpc) is 2.41. The molecule has 0 saturated carbocycles. The van der Waals surface area contributed by atoms with Gasteiger partial charge in [0.1, 0.15) is 6.07 Å². The van der Waals surface area contributed by atoms with Gasteiger partial charge < -0.3 is 15.4 Å². The van der Waals surface area contributed by atoms with Crippen LogP contribution in [0.15, 0.2) is 18.2 Å². The fraction of sp³-hybridized carbons (Fsp3) is 0.500. The summed E-state index contributed by atoms with van der Waals surface area (Å²) in [6.45, 7) is 6.15. The molecule has 1 heterocycles. The maximum absolute atomic E-state index is 9.27. The van der Waals surface area contributed by atoms with Gasteiger partial charge in [-0.3, -0.25) is 0 Å². The van der Waals surface area contributed by atoms with Crippen LogP contribution in [0.3, 0.4) is 0 Å². The number of benzene rings is 1. The van der Waals surface area contributed by atoms with E-state index in [1.165, 1.54) is 0 Å². The molecule has 0 aliphatic carbocycles. The molecule has 0 spiro atoms. The number of nitrogens with zero attached hydrogens (tertiary/aromatic N) is 2. The highest BCUT2D eigenvalue weighted by Gasteiger charge is 2.25. The van der Waals surface area contributed by atoms with Crippen molar-refractivity contribution in [3.05, 3.63) is 29.3 Å². The van der Waals surface area contributed by atoms with Gasteiger partial charge in [-0.25, -0.2) is 0 Å². The Morgan fingerprint density at radius 3 is 2.94 bits per heavy atom. The second kappa shape index (κ2) is 5.38. The number of morpholine rings is 1. The van der Waals surface area contributed by atoms with E-state index in [0.717, 1.165) is 17.8 Å². The first-order valence-electron chi connectivity index (χ1n) is 6.27. The molecule has 2 unspecified atom stereocenters. The molecule has 4 heteroatoms. The predicted molar refractivity (Wildman–Crippen MR) is 71.3 cm³/mol.